The van der Waals surface area contributed by atoms with Crippen molar-refractivity contribution in [2.24, 2.45) is 0 Å². The van der Waals surface area contributed by atoms with Crippen molar-refractivity contribution < 1.29 is 19.0 Å². The van der Waals surface area contributed by atoms with Crippen LogP contribution in [0.15, 0.2) is 30.5 Å². The smallest absolute Gasteiger partial charge is 0.327 e. The third kappa shape index (κ3) is 4.48. The Balaban J connectivity index is 1.85. The molecule has 0 fully saturated rings. The second-order valence-electron chi connectivity index (χ2n) is 4.18. The Labute approximate surface area is 122 Å². The molecule has 0 aliphatic rings. The van der Waals surface area contributed by atoms with Crippen LogP contribution in [0, 0.1) is 0 Å². The van der Waals surface area contributed by atoms with Crippen LogP contribution in [-0.2, 0) is 22.7 Å². The van der Waals surface area contributed by atoms with Crippen LogP contribution in [0.4, 0.5) is 0 Å². The molecule has 2 aromatic rings. The highest BCUT2D eigenvalue weighted by Gasteiger charge is 2.07. The Hall–Kier alpha value is -2.57. The Morgan fingerprint density at radius 1 is 1.24 bits per heavy atom. The van der Waals surface area contributed by atoms with E-state index in [0.717, 1.165) is 5.75 Å². The molecule has 0 atom stereocenters. The zero-order chi connectivity index (χ0) is 15.1. The fourth-order valence-corrected chi connectivity index (χ4v) is 1.65. The van der Waals surface area contributed by atoms with Crippen molar-refractivity contribution in [3.63, 3.8) is 0 Å². The zero-order valence-corrected chi connectivity index (χ0v) is 12.0. The lowest BCUT2D eigenvalue weighted by Gasteiger charge is -2.04. The molecule has 7 heteroatoms. The maximum atomic E-state index is 11.3. The van der Waals surface area contributed by atoms with Crippen LogP contribution in [0.1, 0.15) is 12.6 Å². The third-order valence-electron chi connectivity index (χ3n) is 2.63. The van der Waals surface area contributed by atoms with E-state index in [9.17, 15) is 4.79 Å². The normalized spacial score (nSPS) is 10.2. The van der Waals surface area contributed by atoms with Gasteiger partial charge in [0.25, 0.3) is 0 Å². The van der Waals surface area contributed by atoms with E-state index in [1.54, 1.807) is 20.2 Å². The van der Waals surface area contributed by atoms with Crippen molar-refractivity contribution in [2.75, 3.05) is 13.7 Å². The number of carbonyl (C=O) groups excluding carboxylic acids is 1. The van der Waals surface area contributed by atoms with Gasteiger partial charge in [-0.3, -0.25) is 4.79 Å². The van der Waals surface area contributed by atoms with Crippen molar-refractivity contribution in [2.45, 2.75) is 20.1 Å². The highest BCUT2D eigenvalue weighted by atomic mass is 16.5. The molecular formula is C14H17N3O4. The first-order valence-electron chi connectivity index (χ1n) is 6.52. The van der Waals surface area contributed by atoms with Crippen LogP contribution in [0.3, 0.4) is 0 Å². The first-order valence-corrected chi connectivity index (χ1v) is 6.52. The molecule has 1 aromatic carbocycles. The van der Waals surface area contributed by atoms with Crippen LogP contribution >= 0.6 is 0 Å². The quantitative estimate of drug-likeness (QED) is 0.718. The summed E-state index contributed by atoms with van der Waals surface area (Å²) in [6.07, 6.45) is 1.65. The topological polar surface area (TPSA) is 75.5 Å². The van der Waals surface area contributed by atoms with E-state index in [1.807, 2.05) is 24.3 Å². The number of nitrogens with zero attached hydrogens (tertiary/aromatic N) is 3. The third-order valence-corrected chi connectivity index (χ3v) is 2.63. The maximum absolute atomic E-state index is 11.3. The predicted octanol–water partition coefficient (Wildman–Crippen LogP) is 1.43. The fourth-order valence-electron chi connectivity index (χ4n) is 1.65. The lowest BCUT2D eigenvalue weighted by Crippen LogP contribution is -2.13. The molecule has 2 rings (SSSR count). The van der Waals surface area contributed by atoms with Gasteiger partial charge in [-0.2, -0.15) is 0 Å². The summed E-state index contributed by atoms with van der Waals surface area (Å²) in [4.78, 5) is 11.3. The van der Waals surface area contributed by atoms with Gasteiger partial charge >= 0.3 is 5.97 Å². The molecule has 0 bridgehead atoms. The molecule has 21 heavy (non-hydrogen) atoms. The Bertz CT molecular complexity index is 580. The van der Waals surface area contributed by atoms with Crippen LogP contribution in [0.25, 0.3) is 0 Å². The predicted molar refractivity (Wildman–Crippen MR) is 74.0 cm³/mol. The lowest BCUT2D eigenvalue weighted by molar-refractivity contribution is -0.144. The van der Waals surface area contributed by atoms with Crippen LogP contribution in [-0.4, -0.2) is 34.7 Å². The van der Waals surface area contributed by atoms with Gasteiger partial charge < -0.3 is 14.2 Å². The molecule has 0 saturated carbocycles. The number of ether oxygens (including phenoxy) is 3. The van der Waals surface area contributed by atoms with Crippen LogP contribution in [0.5, 0.6) is 11.5 Å². The van der Waals surface area contributed by atoms with Gasteiger partial charge in [-0.15, -0.1) is 5.10 Å². The monoisotopic (exact) mass is 291 g/mol. The standard InChI is InChI=1S/C14H17N3O4/c1-3-20-14(18)9-17-8-11(15-16-17)10-21-13-6-4-12(19-2)5-7-13/h4-8H,3,9-10H2,1-2H3. The number of carbonyl (C=O) groups is 1. The highest BCUT2D eigenvalue weighted by molar-refractivity contribution is 5.68. The number of rotatable bonds is 7. The van der Waals surface area contributed by atoms with E-state index in [-0.39, 0.29) is 19.1 Å². The highest BCUT2D eigenvalue weighted by Crippen LogP contribution is 2.17. The molecular weight excluding hydrogens is 274 g/mol. The molecule has 0 aliphatic carbocycles. The summed E-state index contributed by atoms with van der Waals surface area (Å²) in [6, 6.07) is 7.24. The SMILES string of the molecule is CCOC(=O)Cn1cc(COc2ccc(OC)cc2)nn1. The largest absolute Gasteiger partial charge is 0.497 e. The summed E-state index contributed by atoms with van der Waals surface area (Å²) in [6.45, 7) is 2.42. The van der Waals surface area contributed by atoms with Crippen LogP contribution in [0.2, 0.25) is 0 Å². The van der Waals surface area contributed by atoms with Crippen molar-refractivity contribution in [1.29, 1.82) is 0 Å². The Kier molecular flexibility index (Phi) is 5.14. The molecule has 0 spiro atoms. The van der Waals surface area contributed by atoms with Gasteiger partial charge in [-0.25, -0.2) is 4.68 Å². The van der Waals surface area contributed by atoms with Crippen molar-refractivity contribution in [1.82, 2.24) is 15.0 Å². The molecule has 0 saturated heterocycles. The van der Waals surface area contributed by atoms with E-state index in [2.05, 4.69) is 10.3 Å². The first-order chi connectivity index (χ1) is 10.2. The number of hydrogen-bond donors (Lipinski definition) is 0. The van der Waals surface area contributed by atoms with Gasteiger partial charge in [0.2, 0.25) is 0 Å². The van der Waals surface area contributed by atoms with E-state index in [0.29, 0.717) is 18.1 Å². The summed E-state index contributed by atoms with van der Waals surface area (Å²) >= 11 is 0. The number of hydrogen-bond acceptors (Lipinski definition) is 6. The van der Waals surface area contributed by atoms with Gasteiger partial charge in [-0.05, 0) is 31.2 Å². The first kappa shape index (κ1) is 14.8. The minimum absolute atomic E-state index is 0.0450. The summed E-state index contributed by atoms with van der Waals surface area (Å²) in [5, 5.41) is 7.78. The molecule has 0 aliphatic heterocycles. The van der Waals surface area contributed by atoms with Crippen molar-refractivity contribution in [3.05, 3.63) is 36.2 Å². The second-order valence-corrected chi connectivity index (χ2v) is 4.18. The van der Waals surface area contributed by atoms with Gasteiger partial charge in [0.1, 0.15) is 30.3 Å². The van der Waals surface area contributed by atoms with E-state index >= 15 is 0 Å². The van der Waals surface area contributed by atoms with E-state index < -0.39 is 0 Å². The van der Waals surface area contributed by atoms with Crippen molar-refractivity contribution >= 4 is 5.97 Å². The summed E-state index contributed by atoms with van der Waals surface area (Å²) in [5.74, 6) is 1.13. The van der Waals surface area contributed by atoms with Crippen LogP contribution < -0.4 is 9.47 Å². The molecule has 0 radical (unpaired) electrons. The molecule has 0 amide bonds. The van der Waals surface area contributed by atoms with Crippen molar-refractivity contribution in [3.8, 4) is 11.5 Å². The summed E-state index contributed by atoms with van der Waals surface area (Å²) in [7, 11) is 1.61. The molecule has 1 aromatic heterocycles. The van der Waals surface area contributed by atoms with Gasteiger partial charge in [0.05, 0.1) is 19.9 Å². The fraction of sp³-hybridized carbons (Fsp3) is 0.357. The number of aromatic nitrogens is 3. The summed E-state index contributed by atoms with van der Waals surface area (Å²) < 4.78 is 16.9. The van der Waals surface area contributed by atoms with E-state index in [1.165, 1.54) is 4.68 Å². The average molecular weight is 291 g/mol. The number of benzene rings is 1. The molecule has 7 nitrogen and oxygen atoms in total. The molecule has 0 unspecified atom stereocenters. The minimum atomic E-state index is -0.343. The number of esters is 1. The second kappa shape index (κ2) is 7.28. The maximum Gasteiger partial charge on any atom is 0.327 e. The Morgan fingerprint density at radius 3 is 2.62 bits per heavy atom. The zero-order valence-electron chi connectivity index (χ0n) is 12.0. The molecule has 1 heterocycles. The average Bonchev–Trinajstić information content (AvgIpc) is 2.93. The van der Waals surface area contributed by atoms with Gasteiger partial charge in [0.15, 0.2) is 0 Å². The molecule has 112 valence electrons. The minimum Gasteiger partial charge on any atom is -0.497 e. The van der Waals surface area contributed by atoms with Gasteiger partial charge in [-0.1, -0.05) is 5.21 Å². The Morgan fingerprint density at radius 2 is 1.95 bits per heavy atom. The summed E-state index contributed by atoms with van der Waals surface area (Å²) in [5.41, 5.74) is 0.634. The van der Waals surface area contributed by atoms with E-state index in [4.69, 9.17) is 14.2 Å². The lowest BCUT2D eigenvalue weighted by atomic mass is 10.3. The van der Waals surface area contributed by atoms with Gasteiger partial charge in [0, 0.05) is 0 Å². The molecule has 0 N–H and O–H groups in total. The number of methoxy groups -OCH3 is 1.